The van der Waals surface area contributed by atoms with Crippen LogP contribution in [0.1, 0.15) is 26.9 Å². The van der Waals surface area contributed by atoms with Gasteiger partial charge in [-0.05, 0) is 18.6 Å². The maximum atomic E-state index is 12.6. The number of hydrogen-bond acceptors (Lipinski definition) is 7. The maximum Gasteiger partial charge on any atom is 1.00 e. The number of fused-ring (bicyclic) bond motifs is 1. The summed E-state index contributed by atoms with van der Waals surface area (Å²) in [6, 6.07) is 5.89. The largest absolute Gasteiger partial charge is 1.00 e. The van der Waals surface area contributed by atoms with Crippen LogP contribution in [0, 0.1) is 0 Å². The number of aromatic amines is 1. The molecule has 0 spiro atoms. The molecule has 2 N–H and O–H groups in total. The Morgan fingerprint density at radius 2 is 2.00 bits per heavy atom. The zero-order valence-corrected chi connectivity index (χ0v) is 21.2. The van der Waals surface area contributed by atoms with E-state index in [-0.39, 0.29) is 47.6 Å². The van der Waals surface area contributed by atoms with Crippen molar-refractivity contribution in [3.8, 4) is 17.2 Å². The third kappa shape index (κ3) is 7.96. The number of nitrogens with zero attached hydrogens (tertiary/aromatic N) is 2. The summed E-state index contributed by atoms with van der Waals surface area (Å²) in [6.45, 7) is -0.525. The zero-order chi connectivity index (χ0) is 22.8. The number of imidazole rings is 1. The number of hydrogen-bond donors (Lipinski definition) is 2. The molecule has 32 heavy (non-hydrogen) atoms. The third-order valence-corrected chi connectivity index (χ3v) is 5.18. The van der Waals surface area contributed by atoms with Gasteiger partial charge >= 0.3 is 36.2 Å². The Labute approximate surface area is 210 Å². The second-order valence-electron chi connectivity index (χ2n) is 6.16. The smallest absolute Gasteiger partial charge is 1.00 e. The van der Waals surface area contributed by atoms with E-state index >= 15 is 0 Å². The zero-order valence-electron chi connectivity index (χ0n) is 19.4. The molecule has 0 bridgehead atoms. The van der Waals surface area contributed by atoms with Crippen molar-refractivity contribution in [3.63, 3.8) is 0 Å². The van der Waals surface area contributed by atoms with Gasteiger partial charge in [-0.1, -0.05) is 13.3 Å². The van der Waals surface area contributed by atoms with Gasteiger partial charge in [-0.2, -0.15) is 8.78 Å². The molecule has 0 aliphatic heterocycles. The predicted molar refractivity (Wildman–Crippen MR) is 113 cm³/mol. The number of H-pyrrole nitrogens is 1. The first-order valence-corrected chi connectivity index (χ1v) is 10.7. The number of aliphatic hydroxyl groups excluding tert-OH is 1. The van der Waals surface area contributed by atoms with Crippen LogP contribution >= 0.6 is 0 Å². The average Bonchev–Trinajstić information content (AvgIpc) is 3.17. The molecule has 0 aliphatic carbocycles. The number of rotatable bonds is 9. The third-order valence-electron chi connectivity index (χ3n) is 4.02. The first kappa shape index (κ1) is 28.2. The molecular weight excluding hydrogens is 455 g/mol. The molecule has 0 amide bonds. The molecule has 0 fully saturated rings. The molecule has 8 nitrogen and oxygen atoms in total. The van der Waals surface area contributed by atoms with Gasteiger partial charge in [-0.25, -0.2) is 4.98 Å². The predicted octanol–water partition coefficient (Wildman–Crippen LogP) is 0.780. The SMILES string of the molecule is CCCCO.COc1ccnc(CS(=O)c2nc3ccc(OC(F)F)cc3[nH]2)c1OC.[H-].[Na+]. The number of aliphatic hydroxyl groups is 1. The summed E-state index contributed by atoms with van der Waals surface area (Å²) < 4.78 is 52.1. The summed E-state index contributed by atoms with van der Waals surface area (Å²) in [5.74, 6) is 0.908. The standard InChI is InChI=1S/C16H15F2N3O4S.C4H10O.Na.H/c1-23-13-5-6-19-12(14(13)24-2)8-26(22)16-20-10-4-3-9(25-15(17)18)7-11(10)21-16;1-2-3-4-5;;/h3-7,15H,8H2,1-2H3,(H,20,21);5H,2-4H2,1H3;;/q;;+1;-1. The molecule has 12 heteroatoms. The number of ether oxygens (including phenoxy) is 3. The van der Waals surface area contributed by atoms with Gasteiger partial charge < -0.3 is 25.7 Å². The molecule has 3 rings (SSSR count). The number of methoxy groups -OCH3 is 2. The Balaban J connectivity index is 0.00000133. The first-order chi connectivity index (χ1) is 14.9. The van der Waals surface area contributed by atoms with Gasteiger partial charge in [0.2, 0.25) is 0 Å². The molecular formula is C20H26F2N3NaO5S. The minimum Gasteiger partial charge on any atom is -1.00 e. The molecule has 0 aliphatic rings. The molecule has 2 heterocycles. The molecule has 0 radical (unpaired) electrons. The van der Waals surface area contributed by atoms with Gasteiger partial charge in [0.05, 0.1) is 47.5 Å². The quantitative estimate of drug-likeness (QED) is 0.435. The summed E-state index contributed by atoms with van der Waals surface area (Å²) in [5, 5.41) is 8.26. The van der Waals surface area contributed by atoms with Crippen LogP contribution in [0.5, 0.6) is 17.2 Å². The number of benzene rings is 1. The van der Waals surface area contributed by atoms with Crippen molar-refractivity contribution in [1.82, 2.24) is 15.0 Å². The Morgan fingerprint density at radius 1 is 1.25 bits per heavy atom. The summed E-state index contributed by atoms with van der Waals surface area (Å²) >= 11 is 0. The minimum atomic E-state index is -2.92. The topological polar surface area (TPSA) is 107 Å². The summed E-state index contributed by atoms with van der Waals surface area (Å²) in [6.07, 6.45) is 3.57. The van der Waals surface area contributed by atoms with Crippen LogP contribution in [0.25, 0.3) is 11.0 Å². The summed E-state index contributed by atoms with van der Waals surface area (Å²) in [7, 11) is 1.41. The van der Waals surface area contributed by atoms with E-state index in [0.29, 0.717) is 34.8 Å². The van der Waals surface area contributed by atoms with E-state index in [1.54, 1.807) is 6.07 Å². The Hall–Kier alpha value is -1.79. The van der Waals surface area contributed by atoms with Crippen molar-refractivity contribution in [1.29, 1.82) is 0 Å². The van der Waals surface area contributed by atoms with Crippen LogP contribution in [-0.4, -0.2) is 51.7 Å². The Morgan fingerprint density at radius 3 is 2.56 bits per heavy atom. The van der Waals surface area contributed by atoms with Gasteiger partial charge in [0.25, 0.3) is 0 Å². The molecule has 0 saturated carbocycles. The van der Waals surface area contributed by atoms with Gasteiger partial charge in [0, 0.05) is 24.9 Å². The van der Waals surface area contributed by atoms with E-state index in [1.807, 2.05) is 0 Å². The van der Waals surface area contributed by atoms with E-state index in [1.165, 1.54) is 38.6 Å². The van der Waals surface area contributed by atoms with Crippen LogP contribution in [-0.2, 0) is 16.6 Å². The fourth-order valence-electron chi connectivity index (χ4n) is 2.55. The average molecular weight is 481 g/mol. The number of nitrogens with one attached hydrogen (secondary N) is 1. The number of alkyl halides is 2. The fraction of sp³-hybridized carbons (Fsp3) is 0.400. The molecule has 3 aromatic rings. The van der Waals surface area contributed by atoms with E-state index < -0.39 is 17.4 Å². The fourth-order valence-corrected chi connectivity index (χ4v) is 3.57. The number of halogens is 2. The van der Waals surface area contributed by atoms with Crippen LogP contribution in [0.4, 0.5) is 8.78 Å². The van der Waals surface area contributed by atoms with Gasteiger partial charge in [0.15, 0.2) is 16.7 Å². The molecule has 2 aromatic heterocycles. The van der Waals surface area contributed by atoms with Crippen LogP contribution in [0.2, 0.25) is 0 Å². The minimum absolute atomic E-state index is 0. The number of pyridine rings is 1. The van der Waals surface area contributed by atoms with E-state index in [0.717, 1.165) is 12.8 Å². The Kier molecular flexibility index (Phi) is 12.7. The van der Waals surface area contributed by atoms with Crippen molar-refractivity contribution < 1.29 is 63.3 Å². The van der Waals surface area contributed by atoms with Crippen molar-refractivity contribution in [2.45, 2.75) is 37.3 Å². The van der Waals surface area contributed by atoms with E-state index in [4.69, 9.17) is 14.6 Å². The summed E-state index contributed by atoms with van der Waals surface area (Å²) in [4.78, 5) is 11.3. The van der Waals surface area contributed by atoms with Crippen LogP contribution < -0.4 is 43.8 Å². The number of aromatic nitrogens is 3. The summed E-state index contributed by atoms with van der Waals surface area (Å²) in [5.41, 5.74) is 1.38. The number of unbranched alkanes of at least 4 members (excludes halogenated alkanes) is 1. The van der Waals surface area contributed by atoms with E-state index in [2.05, 4.69) is 26.6 Å². The molecule has 0 saturated heterocycles. The van der Waals surface area contributed by atoms with Gasteiger partial charge in [0.1, 0.15) is 5.75 Å². The monoisotopic (exact) mass is 481 g/mol. The van der Waals surface area contributed by atoms with E-state index in [9.17, 15) is 13.0 Å². The molecule has 1 aromatic carbocycles. The second kappa shape index (κ2) is 14.4. The van der Waals surface area contributed by atoms with Gasteiger partial charge in [-0.15, -0.1) is 0 Å². The molecule has 1 atom stereocenters. The van der Waals surface area contributed by atoms with Gasteiger partial charge in [-0.3, -0.25) is 9.19 Å². The first-order valence-electron chi connectivity index (χ1n) is 9.43. The normalized spacial score (nSPS) is 11.3. The second-order valence-corrected chi connectivity index (χ2v) is 7.53. The maximum absolute atomic E-state index is 12.6. The Bertz CT molecular complexity index is 1010. The van der Waals surface area contributed by atoms with Crippen LogP contribution in [0.15, 0.2) is 35.6 Å². The molecule has 1 unspecified atom stereocenters. The van der Waals surface area contributed by atoms with Crippen molar-refractivity contribution in [3.05, 3.63) is 36.2 Å². The van der Waals surface area contributed by atoms with Crippen molar-refractivity contribution in [2.24, 2.45) is 0 Å². The van der Waals surface area contributed by atoms with Crippen molar-refractivity contribution in [2.75, 3.05) is 20.8 Å². The molecule has 172 valence electrons. The van der Waals surface area contributed by atoms with Crippen molar-refractivity contribution >= 4 is 21.8 Å². The van der Waals surface area contributed by atoms with Crippen LogP contribution in [0.3, 0.4) is 0 Å².